The maximum absolute atomic E-state index is 12.6. The highest BCUT2D eigenvalue weighted by molar-refractivity contribution is 5.92. The van der Waals surface area contributed by atoms with Crippen LogP contribution in [0.2, 0.25) is 0 Å². The minimum Gasteiger partial charge on any atom is -0.357 e. The van der Waals surface area contributed by atoms with Crippen molar-refractivity contribution in [2.75, 3.05) is 40.3 Å². The Morgan fingerprint density at radius 1 is 1.29 bits per heavy atom. The van der Waals surface area contributed by atoms with Gasteiger partial charge in [-0.25, -0.2) is 0 Å². The van der Waals surface area contributed by atoms with E-state index in [1.807, 2.05) is 31.1 Å². The quantitative estimate of drug-likeness (QED) is 0.910. The van der Waals surface area contributed by atoms with Crippen LogP contribution in [-0.2, 0) is 4.79 Å². The van der Waals surface area contributed by atoms with E-state index in [9.17, 15) is 9.59 Å². The first-order valence-electron chi connectivity index (χ1n) is 8.90. The molecule has 3 rings (SSSR count). The largest absolute Gasteiger partial charge is 0.357 e. The number of likely N-dealkylation sites (tertiary alicyclic amines) is 2. The molecule has 3 heterocycles. The highest BCUT2D eigenvalue weighted by Gasteiger charge is 2.45. The number of carbonyl (C=O) groups is 2. The van der Waals surface area contributed by atoms with Gasteiger partial charge in [-0.15, -0.1) is 0 Å². The van der Waals surface area contributed by atoms with E-state index in [0.29, 0.717) is 12.1 Å². The van der Waals surface area contributed by atoms with Crippen molar-refractivity contribution >= 4 is 11.8 Å². The van der Waals surface area contributed by atoms with Crippen molar-refractivity contribution < 1.29 is 9.59 Å². The fourth-order valence-electron chi connectivity index (χ4n) is 4.07. The Morgan fingerprint density at radius 3 is 2.83 bits per heavy atom. The Balaban J connectivity index is 1.69. The standard InChI is InChI=1S/C18H28N4O2/c1-20(2)13-14-22-16(23)6-8-18(22)7-4-11-21(12-9-18)17(24)15-5-3-10-19-15/h3,5,10,19H,4,6-9,11-14H2,1-2H3. The molecule has 132 valence electrons. The molecule has 1 aromatic heterocycles. The van der Waals surface area contributed by atoms with Gasteiger partial charge >= 0.3 is 0 Å². The Labute approximate surface area is 143 Å². The Kier molecular flexibility index (Phi) is 4.94. The molecular formula is C18H28N4O2. The van der Waals surface area contributed by atoms with Crippen molar-refractivity contribution in [3.63, 3.8) is 0 Å². The molecule has 1 N–H and O–H groups in total. The number of rotatable bonds is 4. The van der Waals surface area contributed by atoms with Crippen molar-refractivity contribution in [1.82, 2.24) is 19.7 Å². The number of amides is 2. The van der Waals surface area contributed by atoms with Gasteiger partial charge in [0, 0.05) is 44.3 Å². The van der Waals surface area contributed by atoms with Crippen LogP contribution in [0.25, 0.3) is 0 Å². The van der Waals surface area contributed by atoms with Gasteiger partial charge in [-0.1, -0.05) is 0 Å². The fourth-order valence-corrected chi connectivity index (χ4v) is 4.07. The van der Waals surface area contributed by atoms with E-state index in [0.717, 1.165) is 51.9 Å². The second-order valence-corrected chi connectivity index (χ2v) is 7.30. The zero-order chi connectivity index (χ0) is 17.2. The summed E-state index contributed by atoms with van der Waals surface area (Å²) >= 11 is 0. The number of nitrogens with one attached hydrogen (secondary N) is 1. The van der Waals surface area contributed by atoms with Crippen LogP contribution < -0.4 is 0 Å². The normalized spacial score (nSPS) is 24.9. The summed E-state index contributed by atoms with van der Waals surface area (Å²) in [6, 6.07) is 3.68. The van der Waals surface area contributed by atoms with Gasteiger partial charge in [0.1, 0.15) is 5.69 Å². The maximum Gasteiger partial charge on any atom is 0.270 e. The van der Waals surface area contributed by atoms with Gasteiger partial charge < -0.3 is 19.7 Å². The average molecular weight is 332 g/mol. The summed E-state index contributed by atoms with van der Waals surface area (Å²) in [5.74, 6) is 0.349. The van der Waals surface area contributed by atoms with Crippen molar-refractivity contribution in [1.29, 1.82) is 0 Å². The van der Waals surface area contributed by atoms with Crippen molar-refractivity contribution in [3.8, 4) is 0 Å². The fraction of sp³-hybridized carbons (Fsp3) is 0.667. The summed E-state index contributed by atoms with van der Waals surface area (Å²) in [5, 5.41) is 0. The van der Waals surface area contributed by atoms with Gasteiger partial charge in [-0.05, 0) is 51.9 Å². The molecule has 2 saturated heterocycles. The molecule has 24 heavy (non-hydrogen) atoms. The van der Waals surface area contributed by atoms with Crippen molar-refractivity contribution in [2.45, 2.75) is 37.6 Å². The minimum absolute atomic E-state index is 0.0438. The van der Waals surface area contributed by atoms with Crippen LogP contribution >= 0.6 is 0 Å². The monoisotopic (exact) mass is 332 g/mol. The number of carbonyl (C=O) groups excluding carboxylic acids is 2. The molecule has 6 nitrogen and oxygen atoms in total. The summed E-state index contributed by atoms with van der Waals surface area (Å²) in [4.78, 5) is 34.2. The van der Waals surface area contributed by atoms with E-state index in [1.165, 1.54) is 0 Å². The van der Waals surface area contributed by atoms with Gasteiger partial charge in [0.05, 0.1) is 0 Å². The maximum atomic E-state index is 12.6. The lowest BCUT2D eigenvalue weighted by molar-refractivity contribution is -0.131. The zero-order valence-electron chi connectivity index (χ0n) is 14.8. The van der Waals surface area contributed by atoms with E-state index in [2.05, 4.69) is 14.8 Å². The number of hydrogen-bond acceptors (Lipinski definition) is 3. The molecule has 1 spiro atoms. The van der Waals surface area contributed by atoms with Crippen LogP contribution in [0.5, 0.6) is 0 Å². The molecule has 6 heteroatoms. The molecule has 2 amide bonds. The van der Waals surface area contributed by atoms with Crippen LogP contribution in [0.15, 0.2) is 18.3 Å². The van der Waals surface area contributed by atoms with Gasteiger partial charge in [-0.3, -0.25) is 9.59 Å². The van der Waals surface area contributed by atoms with Crippen molar-refractivity contribution in [3.05, 3.63) is 24.0 Å². The first kappa shape index (κ1) is 17.0. The molecule has 0 radical (unpaired) electrons. The average Bonchev–Trinajstić information content (AvgIpc) is 3.12. The lowest BCUT2D eigenvalue weighted by Gasteiger charge is -2.38. The van der Waals surface area contributed by atoms with E-state index in [1.54, 1.807) is 6.20 Å². The number of aromatic amines is 1. The molecule has 0 bridgehead atoms. The van der Waals surface area contributed by atoms with Gasteiger partial charge in [0.15, 0.2) is 0 Å². The van der Waals surface area contributed by atoms with Gasteiger partial charge in [0.2, 0.25) is 5.91 Å². The Hall–Kier alpha value is -1.82. The summed E-state index contributed by atoms with van der Waals surface area (Å²) in [7, 11) is 4.08. The predicted octanol–water partition coefficient (Wildman–Crippen LogP) is 1.56. The minimum atomic E-state index is -0.0438. The topological polar surface area (TPSA) is 59.6 Å². The highest BCUT2D eigenvalue weighted by atomic mass is 16.2. The number of nitrogens with zero attached hydrogens (tertiary/aromatic N) is 3. The number of hydrogen-bond donors (Lipinski definition) is 1. The third kappa shape index (κ3) is 3.34. The van der Waals surface area contributed by atoms with Gasteiger partial charge in [0.25, 0.3) is 5.91 Å². The Bertz CT molecular complexity index is 584. The number of aromatic nitrogens is 1. The molecule has 0 aromatic carbocycles. The molecule has 0 saturated carbocycles. The summed E-state index contributed by atoms with van der Waals surface area (Å²) < 4.78 is 0. The van der Waals surface area contributed by atoms with Crippen LogP contribution in [-0.4, -0.2) is 77.3 Å². The van der Waals surface area contributed by atoms with Crippen LogP contribution in [0.1, 0.15) is 42.6 Å². The molecule has 0 aliphatic carbocycles. The van der Waals surface area contributed by atoms with E-state index in [4.69, 9.17) is 0 Å². The van der Waals surface area contributed by atoms with Gasteiger partial charge in [-0.2, -0.15) is 0 Å². The lowest BCUT2D eigenvalue weighted by Crippen LogP contribution is -2.49. The van der Waals surface area contributed by atoms with Crippen LogP contribution in [0.4, 0.5) is 0 Å². The Morgan fingerprint density at radius 2 is 2.12 bits per heavy atom. The summed E-state index contributed by atoms with van der Waals surface area (Å²) in [5.41, 5.74) is 0.607. The number of likely N-dealkylation sites (N-methyl/N-ethyl adjacent to an activating group) is 1. The third-order valence-corrected chi connectivity index (χ3v) is 5.48. The number of H-pyrrole nitrogens is 1. The molecular weight excluding hydrogens is 304 g/mol. The van der Waals surface area contributed by atoms with Crippen molar-refractivity contribution in [2.24, 2.45) is 0 Å². The molecule has 1 unspecified atom stereocenters. The van der Waals surface area contributed by atoms with E-state index >= 15 is 0 Å². The van der Waals surface area contributed by atoms with Crippen LogP contribution in [0.3, 0.4) is 0 Å². The van der Waals surface area contributed by atoms with E-state index in [-0.39, 0.29) is 17.4 Å². The third-order valence-electron chi connectivity index (χ3n) is 5.48. The summed E-state index contributed by atoms with van der Waals surface area (Å²) in [6.07, 6.45) is 6.21. The molecule has 2 aliphatic heterocycles. The molecule has 2 fully saturated rings. The second kappa shape index (κ2) is 6.97. The second-order valence-electron chi connectivity index (χ2n) is 7.30. The predicted molar refractivity (Wildman–Crippen MR) is 92.8 cm³/mol. The first-order valence-corrected chi connectivity index (χ1v) is 8.90. The van der Waals surface area contributed by atoms with Crippen LogP contribution in [0, 0.1) is 0 Å². The highest BCUT2D eigenvalue weighted by Crippen LogP contribution is 2.39. The van der Waals surface area contributed by atoms with E-state index < -0.39 is 0 Å². The SMILES string of the molecule is CN(C)CCN1C(=O)CCC12CCCN(C(=O)c1ccc[nH]1)CC2. The lowest BCUT2D eigenvalue weighted by atomic mass is 9.87. The molecule has 1 atom stereocenters. The summed E-state index contributed by atoms with van der Waals surface area (Å²) in [6.45, 7) is 3.17. The first-order chi connectivity index (χ1) is 11.5. The zero-order valence-corrected chi connectivity index (χ0v) is 14.8. The smallest absolute Gasteiger partial charge is 0.270 e. The molecule has 1 aromatic rings. The molecule has 2 aliphatic rings.